The predicted octanol–water partition coefficient (Wildman–Crippen LogP) is 3.56. The van der Waals surface area contributed by atoms with Gasteiger partial charge in [0.05, 0.1) is 12.1 Å². The van der Waals surface area contributed by atoms with E-state index in [0.29, 0.717) is 5.56 Å². The molecule has 2 rings (SSSR count). The summed E-state index contributed by atoms with van der Waals surface area (Å²) >= 11 is 0. The van der Waals surface area contributed by atoms with Gasteiger partial charge in [-0.25, -0.2) is 9.13 Å². The van der Waals surface area contributed by atoms with Crippen LogP contribution in [0.3, 0.4) is 0 Å². The zero-order valence-electron chi connectivity index (χ0n) is 11.6. The van der Waals surface area contributed by atoms with Gasteiger partial charge in [0.1, 0.15) is 18.9 Å². The van der Waals surface area contributed by atoms with Gasteiger partial charge in [-0.15, -0.1) is 0 Å². The van der Waals surface area contributed by atoms with Crippen LogP contribution in [-0.2, 0) is 19.3 Å². The van der Waals surface area contributed by atoms with E-state index in [2.05, 4.69) is 11.5 Å². The van der Waals surface area contributed by atoms with Crippen molar-refractivity contribution >= 4 is 0 Å². The van der Waals surface area contributed by atoms with Crippen molar-refractivity contribution in [3.05, 3.63) is 53.6 Å². The number of rotatable bonds is 4. The molecule has 0 radical (unpaired) electrons. The molecule has 0 spiro atoms. The Bertz CT molecular complexity index is 585. The molecule has 0 unspecified atom stereocenters. The van der Waals surface area contributed by atoms with Gasteiger partial charge in [0.2, 0.25) is 0 Å². The van der Waals surface area contributed by atoms with E-state index in [1.54, 1.807) is 6.07 Å². The molecule has 0 aliphatic heterocycles. The molecule has 20 heavy (non-hydrogen) atoms. The number of aromatic nitrogens is 2. The maximum atomic E-state index is 13.0. The van der Waals surface area contributed by atoms with Gasteiger partial charge in [-0.1, -0.05) is 25.1 Å². The number of hydrogen-bond acceptors (Lipinski definition) is 0. The van der Waals surface area contributed by atoms with Crippen LogP contribution >= 0.6 is 0 Å². The first-order valence-corrected chi connectivity index (χ1v) is 6.63. The van der Waals surface area contributed by atoms with Crippen LogP contribution in [0.2, 0.25) is 0 Å². The van der Waals surface area contributed by atoms with Crippen molar-refractivity contribution in [2.24, 2.45) is 0 Å². The largest absolute Gasteiger partial charge is 0.416 e. The molecule has 0 N–H and O–H groups in total. The zero-order chi connectivity index (χ0) is 14.8. The molecule has 2 nitrogen and oxygen atoms in total. The number of imidazole rings is 1. The van der Waals surface area contributed by atoms with Gasteiger partial charge < -0.3 is 0 Å². The monoisotopic (exact) mass is 283 g/mol. The third kappa shape index (κ3) is 3.03. The van der Waals surface area contributed by atoms with Crippen molar-refractivity contribution in [1.29, 1.82) is 0 Å². The molecule has 0 fully saturated rings. The number of alkyl halides is 3. The van der Waals surface area contributed by atoms with E-state index in [0.717, 1.165) is 24.9 Å². The number of hydrogen-bond donors (Lipinski definition) is 0. The lowest BCUT2D eigenvalue weighted by Crippen LogP contribution is -2.37. The summed E-state index contributed by atoms with van der Waals surface area (Å²) in [6.07, 6.45) is 0.429. The quantitative estimate of drug-likeness (QED) is 0.759. The minimum atomic E-state index is -4.31. The average Bonchev–Trinajstić information content (AvgIpc) is 2.72. The van der Waals surface area contributed by atoms with Crippen LogP contribution in [0.4, 0.5) is 13.2 Å². The summed E-state index contributed by atoms with van der Waals surface area (Å²) in [6.45, 7) is 5.10. The summed E-state index contributed by atoms with van der Waals surface area (Å²) in [4.78, 5) is 0. The Kier molecular flexibility index (Phi) is 4.16. The highest BCUT2D eigenvalue weighted by molar-refractivity contribution is 5.28. The van der Waals surface area contributed by atoms with Crippen molar-refractivity contribution < 1.29 is 17.7 Å². The van der Waals surface area contributed by atoms with Crippen molar-refractivity contribution in [2.75, 3.05) is 0 Å². The molecule has 5 heteroatoms. The average molecular weight is 283 g/mol. The van der Waals surface area contributed by atoms with Crippen molar-refractivity contribution in [3.63, 3.8) is 0 Å². The highest BCUT2D eigenvalue weighted by atomic mass is 19.4. The molecule has 0 aliphatic rings. The standard InChI is InChI=1S/C15H18F3N2/c1-3-8-19-9-10-20(12(19)2)11-13-6-4-5-7-14(13)15(16,17)18/h4-7,9-10H,3,8,11H2,1-2H3/q+1. The molecule has 0 amide bonds. The molecule has 1 aromatic carbocycles. The maximum absolute atomic E-state index is 13.0. The van der Waals surface area contributed by atoms with Crippen LogP contribution in [-0.4, -0.2) is 4.57 Å². The zero-order valence-corrected chi connectivity index (χ0v) is 11.6. The number of nitrogens with zero attached hydrogens (tertiary/aromatic N) is 2. The van der Waals surface area contributed by atoms with E-state index in [-0.39, 0.29) is 6.54 Å². The summed E-state index contributed by atoms with van der Waals surface area (Å²) in [5, 5.41) is 0. The summed E-state index contributed by atoms with van der Waals surface area (Å²) in [5.41, 5.74) is -0.266. The lowest BCUT2D eigenvalue weighted by Gasteiger charge is -2.11. The number of benzene rings is 1. The predicted molar refractivity (Wildman–Crippen MR) is 70.2 cm³/mol. The second kappa shape index (κ2) is 5.69. The first kappa shape index (κ1) is 14.6. The Hall–Kier alpha value is -1.78. The number of halogens is 3. The molecule has 1 heterocycles. The van der Waals surface area contributed by atoms with Crippen molar-refractivity contribution in [3.8, 4) is 0 Å². The maximum Gasteiger partial charge on any atom is 0.416 e. The van der Waals surface area contributed by atoms with E-state index in [4.69, 9.17) is 0 Å². The van der Waals surface area contributed by atoms with Gasteiger partial charge in [-0.2, -0.15) is 13.2 Å². The van der Waals surface area contributed by atoms with Crippen LogP contribution in [0.5, 0.6) is 0 Å². The lowest BCUT2D eigenvalue weighted by molar-refractivity contribution is -0.694. The van der Waals surface area contributed by atoms with Gasteiger partial charge in [0, 0.05) is 12.5 Å². The minimum Gasteiger partial charge on any atom is -0.234 e. The van der Waals surface area contributed by atoms with E-state index in [1.165, 1.54) is 12.1 Å². The van der Waals surface area contributed by atoms with Crippen molar-refractivity contribution in [1.82, 2.24) is 4.57 Å². The first-order chi connectivity index (χ1) is 9.43. The summed E-state index contributed by atoms with van der Waals surface area (Å²) < 4.78 is 42.8. The summed E-state index contributed by atoms with van der Waals surface area (Å²) in [7, 11) is 0. The van der Waals surface area contributed by atoms with Crippen LogP contribution in [0, 0.1) is 6.92 Å². The molecule has 2 aromatic rings. The molecular weight excluding hydrogens is 265 g/mol. The Labute approximate surface area is 116 Å². The van der Waals surface area contributed by atoms with Gasteiger partial charge in [-0.3, -0.25) is 0 Å². The van der Waals surface area contributed by atoms with E-state index in [1.807, 2.05) is 23.9 Å². The second-order valence-electron chi connectivity index (χ2n) is 4.82. The molecule has 108 valence electrons. The fourth-order valence-electron chi connectivity index (χ4n) is 2.30. The Morgan fingerprint density at radius 3 is 2.55 bits per heavy atom. The molecule has 0 atom stereocenters. The van der Waals surface area contributed by atoms with Gasteiger partial charge in [0.15, 0.2) is 0 Å². The SMILES string of the molecule is CCCn1cc[n+](Cc2ccccc2C(F)(F)F)c1C. The normalized spacial score (nSPS) is 11.8. The van der Waals surface area contributed by atoms with Gasteiger partial charge in [0.25, 0.3) is 5.82 Å². The molecule has 0 saturated carbocycles. The van der Waals surface area contributed by atoms with Gasteiger partial charge in [-0.05, 0) is 12.5 Å². The molecule has 0 bridgehead atoms. The van der Waals surface area contributed by atoms with Crippen LogP contribution in [0.25, 0.3) is 0 Å². The van der Waals surface area contributed by atoms with Crippen LogP contribution in [0.1, 0.15) is 30.3 Å². The molecular formula is C15H18F3N2+. The highest BCUT2D eigenvalue weighted by Crippen LogP contribution is 2.31. The Morgan fingerprint density at radius 2 is 1.90 bits per heavy atom. The van der Waals surface area contributed by atoms with Crippen LogP contribution in [0.15, 0.2) is 36.7 Å². The fourth-order valence-corrected chi connectivity index (χ4v) is 2.30. The van der Waals surface area contributed by atoms with Gasteiger partial charge >= 0.3 is 6.18 Å². The topological polar surface area (TPSA) is 8.81 Å². The molecule has 0 aliphatic carbocycles. The third-order valence-electron chi connectivity index (χ3n) is 3.39. The van der Waals surface area contributed by atoms with Crippen molar-refractivity contribution in [2.45, 2.75) is 39.5 Å². The second-order valence-corrected chi connectivity index (χ2v) is 4.82. The summed E-state index contributed by atoms with van der Waals surface area (Å²) in [5.74, 6) is 0.962. The third-order valence-corrected chi connectivity index (χ3v) is 3.39. The van der Waals surface area contributed by atoms with E-state index in [9.17, 15) is 13.2 Å². The fraction of sp³-hybridized carbons (Fsp3) is 0.400. The Morgan fingerprint density at radius 1 is 1.20 bits per heavy atom. The number of aryl methyl sites for hydroxylation is 1. The Balaban J connectivity index is 2.31. The lowest BCUT2D eigenvalue weighted by atomic mass is 10.1. The molecule has 1 aromatic heterocycles. The van der Waals surface area contributed by atoms with E-state index < -0.39 is 11.7 Å². The minimum absolute atomic E-state index is 0.234. The molecule has 0 saturated heterocycles. The summed E-state index contributed by atoms with van der Waals surface area (Å²) in [6, 6.07) is 5.73. The smallest absolute Gasteiger partial charge is 0.234 e. The van der Waals surface area contributed by atoms with Crippen LogP contribution < -0.4 is 4.57 Å². The van der Waals surface area contributed by atoms with E-state index >= 15 is 0 Å². The highest BCUT2D eigenvalue weighted by Gasteiger charge is 2.33. The first-order valence-electron chi connectivity index (χ1n) is 6.63.